The Hall–Kier alpha value is -0.650. The minimum Gasteiger partial charge on any atom is -0.396 e. The number of hydrazine groups is 1. The molecule has 1 atom stereocenters. The second-order valence-corrected chi connectivity index (χ2v) is 4.33. The SMILES string of the molecule is CCC(C(=O)NN)N(CCCO)C1CCC1. The lowest BCUT2D eigenvalue weighted by Gasteiger charge is -2.41. The Morgan fingerprint density at radius 1 is 1.62 bits per heavy atom. The Labute approximate surface area is 97.0 Å². The Morgan fingerprint density at radius 3 is 2.69 bits per heavy atom. The normalized spacial score (nSPS) is 18.2. The molecule has 0 radical (unpaired) electrons. The number of rotatable bonds is 7. The highest BCUT2D eigenvalue weighted by molar-refractivity contribution is 5.81. The first-order chi connectivity index (χ1) is 7.74. The van der Waals surface area contributed by atoms with Gasteiger partial charge in [-0.1, -0.05) is 13.3 Å². The molecule has 5 nitrogen and oxygen atoms in total. The number of aliphatic hydroxyl groups excluding tert-OH is 1. The van der Waals surface area contributed by atoms with Crippen LogP contribution in [0.2, 0.25) is 0 Å². The maximum atomic E-state index is 11.7. The van der Waals surface area contributed by atoms with E-state index in [9.17, 15) is 4.79 Å². The van der Waals surface area contributed by atoms with Crippen LogP contribution in [0.1, 0.15) is 39.0 Å². The summed E-state index contributed by atoms with van der Waals surface area (Å²) in [4.78, 5) is 13.8. The lowest BCUT2D eigenvalue weighted by atomic mass is 9.89. The molecule has 1 unspecified atom stereocenters. The second kappa shape index (κ2) is 6.83. The van der Waals surface area contributed by atoms with E-state index in [4.69, 9.17) is 10.9 Å². The van der Waals surface area contributed by atoms with E-state index in [1.807, 2.05) is 6.92 Å². The van der Waals surface area contributed by atoms with E-state index < -0.39 is 0 Å². The van der Waals surface area contributed by atoms with Crippen LogP contribution in [-0.4, -0.2) is 41.1 Å². The molecule has 1 rings (SSSR count). The van der Waals surface area contributed by atoms with E-state index >= 15 is 0 Å². The van der Waals surface area contributed by atoms with Crippen LogP contribution in [0.5, 0.6) is 0 Å². The number of nitrogens with zero attached hydrogens (tertiary/aromatic N) is 1. The van der Waals surface area contributed by atoms with Crippen LogP contribution in [0, 0.1) is 0 Å². The first kappa shape index (κ1) is 13.4. The molecule has 4 N–H and O–H groups in total. The lowest BCUT2D eigenvalue weighted by Crippen LogP contribution is -2.54. The largest absolute Gasteiger partial charge is 0.396 e. The number of carbonyl (C=O) groups is 1. The molecule has 1 amide bonds. The van der Waals surface area contributed by atoms with E-state index in [1.165, 1.54) is 6.42 Å². The van der Waals surface area contributed by atoms with Crippen molar-refractivity contribution < 1.29 is 9.90 Å². The molecule has 16 heavy (non-hydrogen) atoms. The summed E-state index contributed by atoms with van der Waals surface area (Å²) >= 11 is 0. The highest BCUT2D eigenvalue weighted by atomic mass is 16.3. The van der Waals surface area contributed by atoms with E-state index in [0.29, 0.717) is 12.5 Å². The molecule has 0 bridgehead atoms. The molecule has 0 aromatic heterocycles. The topological polar surface area (TPSA) is 78.6 Å². The number of nitrogens with one attached hydrogen (secondary N) is 1. The lowest BCUT2D eigenvalue weighted by molar-refractivity contribution is -0.128. The second-order valence-electron chi connectivity index (χ2n) is 4.33. The summed E-state index contributed by atoms with van der Waals surface area (Å²) < 4.78 is 0. The van der Waals surface area contributed by atoms with Gasteiger partial charge in [-0.25, -0.2) is 5.84 Å². The van der Waals surface area contributed by atoms with Crippen LogP contribution < -0.4 is 11.3 Å². The van der Waals surface area contributed by atoms with Crippen LogP contribution in [0.3, 0.4) is 0 Å². The highest BCUT2D eigenvalue weighted by Gasteiger charge is 2.32. The van der Waals surface area contributed by atoms with Crippen molar-refractivity contribution in [2.45, 2.75) is 51.1 Å². The molecule has 0 aromatic carbocycles. The fourth-order valence-electron chi connectivity index (χ4n) is 2.23. The van der Waals surface area contributed by atoms with E-state index in [2.05, 4.69) is 10.3 Å². The van der Waals surface area contributed by atoms with Gasteiger partial charge in [-0.3, -0.25) is 15.1 Å². The van der Waals surface area contributed by atoms with Crippen LogP contribution in [-0.2, 0) is 4.79 Å². The van der Waals surface area contributed by atoms with E-state index in [0.717, 1.165) is 25.8 Å². The fourth-order valence-corrected chi connectivity index (χ4v) is 2.23. The van der Waals surface area contributed by atoms with Crippen molar-refractivity contribution in [3.05, 3.63) is 0 Å². The van der Waals surface area contributed by atoms with Crippen molar-refractivity contribution in [3.63, 3.8) is 0 Å². The zero-order chi connectivity index (χ0) is 12.0. The van der Waals surface area contributed by atoms with Crippen LogP contribution in [0.25, 0.3) is 0 Å². The van der Waals surface area contributed by atoms with Crippen molar-refractivity contribution in [2.75, 3.05) is 13.2 Å². The maximum absolute atomic E-state index is 11.7. The van der Waals surface area contributed by atoms with Crippen molar-refractivity contribution in [3.8, 4) is 0 Å². The Bertz CT molecular complexity index is 219. The zero-order valence-electron chi connectivity index (χ0n) is 9.98. The molecule has 5 heteroatoms. The number of aliphatic hydroxyl groups is 1. The zero-order valence-corrected chi connectivity index (χ0v) is 9.98. The Kier molecular flexibility index (Phi) is 5.73. The van der Waals surface area contributed by atoms with E-state index in [1.54, 1.807) is 0 Å². The van der Waals surface area contributed by atoms with Crippen molar-refractivity contribution in [1.82, 2.24) is 10.3 Å². The van der Waals surface area contributed by atoms with Crippen LogP contribution >= 0.6 is 0 Å². The quantitative estimate of drug-likeness (QED) is 0.326. The number of amides is 1. The van der Waals surface area contributed by atoms with Gasteiger partial charge in [0, 0.05) is 19.2 Å². The average Bonchev–Trinajstić information content (AvgIpc) is 2.23. The van der Waals surface area contributed by atoms with Gasteiger partial charge in [0.15, 0.2) is 0 Å². The third-order valence-corrected chi connectivity index (χ3v) is 3.35. The van der Waals surface area contributed by atoms with Gasteiger partial charge < -0.3 is 5.11 Å². The molecule has 0 aromatic rings. The molecule has 0 aliphatic heterocycles. The van der Waals surface area contributed by atoms with Gasteiger partial charge in [0.25, 0.3) is 5.91 Å². The fraction of sp³-hybridized carbons (Fsp3) is 0.909. The summed E-state index contributed by atoms with van der Waals surface area (Å²) in [6.07, 6.45) is 5.01. The molecule has 1 saturated carbocycles. The van der Waals surface area contributed by atoms with Crippen LogP contribution in [0.4, 0.5) is 0 Å². The smallest absolute Gasteiger partial charge is 0.251 e. The molecule has 1 aliphatic rings. The maximum Gasteiger partial charge on any atom is 0.251 e. The summed E-state index contributed by atoms with van der Waals surface area (Å²) in [5.74, 6) is 5.08. The monoisotopic (exact) mass is 229 g/mol. The van der Waals surface area contributed by atoms with Crippen molar-refractivity contribution in [2.24, 2.45) is 5.84 Å². The number of carbonyl (C=O) groups excluding carboxylic acids is 1. The van der Waals surface area contributed by atoms with E-state index in [-0.39, 0.29) is 18.6 Å². The first-order valence-corrected chi connectivity index (χ1v) is 6.11. The average molecular weight is 229 g/mol. The van der Waals surface area contributed by atoms with Crippen LogP contribution in [0.15, 0.2) is 0 Å². The van der Waals surface area contributed by atoms with Crippen molar-refractivity contribution >= 4 is 5.91 Å². The van der Waals surface area contributed by atoms with Gasteiger partial charge >= 0.3 is 0 Å². The Morgan fingerprint density at radius 2 is 2.31 bits per heavy atom. The predicted octanol–water partition coefficient (Wildman–Crippen LogP) is -0.00820. The third kappa shape index (κ3) is 3.17. The molecular weight excluding hydrogens is 206 g/mol. The van der Waals surface area contributed by atoms with Gasteiger partial charge in [-0.15, -0.1) is 0 Å². The molecule has 0 heterocycles. The van der Waals surface area contributed by atoms with Gasteiger partial charge in [-0.05, 0) is 25.7 Å². The van der Waals surface area contributed by atoms with Gasteiger partial charge in [0.1, 0.15) is 0 Å². The standard InChI is InChI=1S/C11H23N3O2/c1-2-10(11(16)13-12)14(7-4-8-15)9-5-3-6-9/h9-10,15H,2-8,12H2,1H3,(H,13,16). The minimum atomic E-state index is -0.151. The summed E-state index contributed by atoms with van der Waals surface area (Å²) in [5, 5.41) is 8.89. The van der Waals surface area contributed by atoms with Gasteiger partial charge in [-0.2, -0.15) is 0 Å². The summed E-state index contributed by atoms with van der Waals surface area (Å²) in [5.41, 5.74) is 2.23. The van der Waals surface area contributed by atoms with Gasteiger partial charge in [0.2, 0.25) is 0 Å². The molecule has 94 valence electrons. The molecule has 0 saturated heterocycles. The number of hydrogen-bond donors (Lipinski definition) is 3. The summed E-state index contributed by atoms with van der Waals surface area (Å²) in [7, 11) is 0. The first-order valence-electron chi connectivity index (χ1n) is 6.11. The summed E-state index contributed by atoms with van der Waals surface area (Å²) in [6, 6.07) is 0.343. The Balaban J connectivity index is 2.59. The molecular formula is C11H23N3O2. The number of nitrogens with two attached hydrogens (primary N) is 1. The number of hydrogen-bond acceptors (Lipinski definition) is 4. The molecule has 1 aliphatic carbocycles. The molecule has 0 spiro atoms. The predicted molar refractivity (Wildman–Crippen MR) is 62.5 cm³/mol. The van der Waals surface area contributed by atoms with Gasteiger partial charge in [0.05, 0.1) is 6.04 Å². The van der Waals surface area contributed by atoms with Crippen molar-refractivity contribution in [1.29, 1.82) is 0 Å². The third-order valence-electron chi connectivity index (χ3n) is 3.35. The highest BCUT2D eigenvalue weighted by Crippen LogP contribution is 2.27. The molecule has 1 fully saturated rings. The summed E-state index contributed by atoms with van der Waals surface area (Å²) in [6.45, 7) is 2.93. The minimum absolute atomic E-state index is 0.118.